The molecule has 0 bridgehead atoms. The predicted molar refractivity (Wildman–Crippen MR) is 62.5 cm³/mol. The van der Waals surface area contributed by atoms with E-state index in [9.17, 15) is 15.0 Å². The monoisotopic (exact) mass is 239 g/mol. The van der Waals surface area contributed by atoms with E-state index in [1.807, 2.05) is 6.07 Å². The molecule has 5 heteroatoms. The summed E-state index contributed by atoms with van der Waals surface area (Å²) >= 11 is 0. The molecule has 1 aromatic rings. The van der Waals surface area contributed by atoms with Crippen LogP contribution in [0.5, 0.6) is 0 Å². The van der Waals surface area contributed by atoms with E-state index in [1.165, 1.54) is 6.92 Å². The maximum atomic E-state index is 10.8. The van der Waals surface area contributed by atoms with E-state index >= 15 is 0 Å². The van der Waals surface area contributed by atoms with Crippen LogP contribution in [-0.4, -0.2) is 40.0 Å². The molecule has 5 nitrogen and oxygen atoms in total. The van der Waals surface area contributed by atoms with E-state index in [0.717, 1.165) is 0 Å². The van der Waals surface area contributed by atoms with Crippen LogP contribution < -0.4 is 5.32 Å². The van der Waals surface area contributed by atoms with Crippen molar-refractivity contribution in [3.63, 3.8) is 0 Å². The van der Waals surface area contributed by atoms with Gasteiger partial charge in [0.1, 0.15) is 6.04 Å². The lowest BCUT2D eigenvalue weighted by Crippen LogP contribution is -2.46. The van der Waals surface area contributed by atoms with Crippen LogP contribution in [0, 0.1) is 0 Å². The Kier molecular flexibility index (Phi) is 5.09. The average Bonchev–Trinajstić information content (AvgIpc) is 2.29. The minimum Gasteiger partial charge on any atom is -0.480 e. The van der Waals surface area contributed by atoms with Gasteiger partial charge >= 0.3 is 5.97 Å². The highest BCUT2D eigenvalue weighted by molar-refractivity contribution is 5.74. The molecule has 0 amide bonds. The lowest BCUT2D eigenvalue weighted by Gasteiger charge is -2.19. The summed E-state index contributed by atoms with van der Waals surface area (Å²) in [6, 6.07) is 7.85. The van der Waals surface area contributed by atoms with Crippen LogP contribution in [0.1, 0.15) is 18.6 Å². The summed E-state index contributed by atoms with van der Waals surface area (Å²) in [5, 5.41) is 30.5. The first-order valence-corrected chi connectivity index (χ1v) is 5.39. The molecule has 0 saturated heterocycles. The Balaban J connectivity index is 2.52. The van der Waals surface area contributed by atoms with E-state index in [4.69, 9.17) is 5.11 Å². The number of aliphatic hydroxyl groups is 2. The van der Waals surface area contributed by atoms with Gasteiger partial charge in [-0.2, -0.15) is 0 Å². The second-order valence-corrected chi connectivity index (χ2v) is 3.89. The van der Waals surface area contributed by atoms with Crippen molar-refractivity contribution < 1.29 is 20.1 Å². The van der Waals surface area contributed by atoms with E-state index in [2.05, 4.69) is 5.32 Å². The SMILES string of the molecule is CC(O)C(NCC(O)c1ccccc1)C(=O)O. The molecule has 0 fully saturated rings. The van der Waals surface area contributed by atoms with Gasteiger partial charge in [0.2, 0.25) is 0 Å². The Morgan fingerprint density at radius 2 is 1.88 bits per heavy atom. The van der Waals surface area contributed by atoms with Crippen molar-refractivity contribution in [2.45, 2.75) is 25.2 Å². The molecule has 0 aliphatic rings. The van der Waals surface area contributed by atoms with E-state index in [0.29, 0.717) is 5.56 Å². The lowest BCUT2D eigenvalue weighted by atomic mass is 10.1. The fraction of sp³-hybridized carbons (Fsp3) is 0.417. The third-order valence-corrected chi connectivity index (χ3v) is 2.46. The fourth-order valence-corrected chi connectivity index (χ4v) is 1.50. The molecule has 3 unspecified atom stereocenters. The van der Waals surface area contributed by atoms with Gasteiger partial charge in [0.25, 0.3) is 0 Å². The Morgan fingerprint density at radius 1 is 1.29 bits per heavy atom. The highest BCUT2D eigenvalue weighted by Crippen LogP contribution is 2.11. The van der Waals surface area contributed by atoms with Crippen molar-refractivity contribution in [2.75, 3.05) is 6.54 Å². The first kappa shape index (κ1) is 13.6. The second kappa shape index (κ2) is 6.34. The van der Waals surface area contributed by atoms with Crippen molar-refractivity contribution in [1.82, 2.24) is 5.32 Å². The second-order valence-electron chi connectivity index (χ2n) is 3.89. The molecule has 3 atom stereocenters. The maximum Gasteiger partial charge on any atom is 0.323 e. The van der Waals surface area contributed by atoms with Gasteiger partial charge in [-0.25, -0.2) is 0 Å². The molecule has 94 valence electrons. The van der Waals surface area contributed by atoms with Crippen molar-refractivity contribution in [2.24, 2.45) is 0 Å². The lowest BCUT2D eigenvalue weighted by molar-refractivity contribution is -0.142. The van der Waals surface area contributed by atoms with Gasteiger partial charge in [-0.15, -0.1) is 0 Å². The molecule has 0 heterocycles. The number of aliphatic carboxylic acids is 1. The molecule has 1 aromatic carbocycles. The topological polar surface area (TPSA) is 89.8 Å². The molecular formula is C12H17NO4. The van der Waals surface area contributed by atoms with Gasteiger partial charge in [-0.3, -0.25) is 10.1 Å². The third-order valence-electron chi connectivity index (χ3n) is 2.46. The molecule has 4 N–H and O–H groups in total. The van der Waals surface area contributed by atoms with Crippen molar-refractivity contribution in [3.05, 3.63) is 35.9 Å². The molecule has 0 radical (unpaired) electrons. The van der Waals surface area contributed by atoms with Crippen LogP contribution in [0.25, 0.3) is 0 Å². The Bertz CT molecular complexity index is 353. The van der Waals surface area contributed by atoms with Crippen LogP contribution in [0.3, 0.4) is 0 Å². The minimum atomic E-state index is -1.14. The quantitative estimate of drug-likeness (QED) is 0.567. The number of carboxylic acid groups (broad SMARTS) is 1. The number of carbonyl (C=O) groups is 1. The summed E-state index contributed by atoms with van der Waals surface area (Å²) in [4.78, 5) is 10.8. The summed E-state index contributed by atoms with van der Waals surface area (Å²) in [5.74, 6) is -1.14. The normalized spacial score (nSPS) is 16.2. The number of hydrogen-bond donors (Lipinski definition) is 4. The van der Waals surface area contributed by atoms with Gasteiger partial charge in [0.05, 0.1) is 12.2 Å². The molecule has 17 heavy (non-hydrogen) atoms. The van der Waals surface area contributed by atoms with Gasteiger partial charge in [0.15, 0.2) is 0 Å². The van der Waals surface area contributed by atoms with E-state index in [-0.39, 0.29) is 6.54 Å². The highest BCUT2D eigenvalue weighted by Gasteiger charge is 2.23. The van der Waals surface area contributed by atoms with E-state index in [1.54, 1.807) is 24.3 Å². The Labute approximate surface area is 99.7 Å². The Morgan fingerprint density at radius 3 is 2.35 bits per heavy atom. The number of hydrogen-bond acceptors (Lipinski definition) is 4. The standard InChI is InChI=1S/C12H17NO4/c1-8(14)11(12(16)17)13-7-10(15)9-5-3-2-4-6-9/h2-6,8,10-11,13-15H,7H2,1H3,(H,16,17). The smallest absolute Gasteiger partial charge is 0.323 e. The summed E-state index contributed by atoms with van der Waals surface area (Å²) < 4.78 is 0. The van der Waals surface area contributed by atoms with Crippen molar-refractivity contribution >= 4 is 5.97 Å². The molecule has 0 aliphatic carbocycles. The molecular weight excluding hydrogens is 222 g/mol. The van der Waals surface area contributed by atoms with Gasteiger partial charge in [-0.1, -0.05) is 30.3 Å². The highest BCUT2D eigenvalue weighted by atomic mass is 16.4. The number of nitrogens with one attached hydrogen (secondary N) is 1. The fourth-order valence-electron chi connectivity index (χ4n) is 1.50. The minimum absolute atomic E-state index is 0.0753. The van der Waals surface area contributed by atoms with Crippen LogP contribution in [0.15, 0.2) is 30.3 Å². The summed E-state index contributed by atoms with van der Waals surface area (Å²) in [5.41, 5.74) is 0.703. The van der Waals surface area contributed by atoms with Crippen LogP contribution >= 0.6 is 0 Å². The van der Waals surface area contributed by atoms with E-state index < -0.39 is 24.2 Å². The molecule has 0 aromatic heterocycles. The van der Waals surface area contributed by atoms with Crippen LogP contribution in [0.4, 0.5) is 0 Å². The van der Waals surface area contributed by atoms with Gasteiger partial charge < -0.3 is 15.3 Å². The first-order valence-electron chi connectivity index (χ1n) is 5.39. The zero-order chi connectivity index (χ0) is 12.8. The average molecular weight is 239 g/mol. The number of benzene rings is 1. The number of carboxylic acids is 1. The zero-order valence-electron chi connectivity index (χ0n) is 9.58. The van der Waals surface area contributed by atoms with Gasteiger partial charge in [-0.05, 0) is 12.5 Å². The molecule has 0 aliphatic heterocycles. The predicted octanol–water partition coefficient (Wildman–Crippen LogP) is 0.144. The zero-order valence-corrected chi connectivity index (χ0v) is 9.58. The van der Waals surface area contributed by atoms with Crippen molar-refractivity contribution in [3.8, 4) is 0 Å². The largest absolute Gasteiger partial charge is 0.480 e. The summed E-state index contributed by atoms with van der Waals surface area (Å²) in [6.07, 6.45) is -1.81. The summed E-state index contributed by atoms with van der Waals surface area (Å²) in [6.45, 7) is 1.46. The van der Waals surface area contributed by atoms with Crippen LogP contribution in [-0.2, 0) is 4.79 Å². The number of rotatable bonds is 6. The maximum absolute atomic E-state index is 10.8. The molecule has 1 rings (SSSR count). The molecule has 0 spiro atoms. The summed E-state index contributed by atoms with van der Waals surface area (Å²) in [7, 11) is 0. The van der Waals surface area contributed by atoms with Crippen molar-refractivity contribution in [1.29, 1.82) is 0 Å². The molecule has 0 saturated carbocycles. The number of aliphatic hydroxyl groups excluding tert-OH is 2. The third kappa shape index (κ3) is 4.14. The first-order chi connectivity index (χ1) is 8.02. The van der Waals surface area contributed by atoms with Crippen LogP contribution in [0.2, 0.25) is 0 Å². The Hall–Kier alpha value is -1.43. The van der Waals surface area contributed by atoms with Gasteiger partial charge in [0, 0.05) is 6.54 Å².